The fourth-order valence-corrected chi connectivity index (χ4v) is 2.45. The second-order valence-corrected chi connectivity index (χ2v) is 4.58. The molecule has 2 atom stereocenters. The van der Waals surface area contributed by atoms with Crippen molar-refractivity contribution >= 4 is 5.97 Å². The molecule has 0 spiro atoms. The van der Waals surface area contributed by atoms with Crippen LogP contribution in [0.1, 0.15) is 20.3 Å². The van der Waals surface area contributed by atoms with Gasteiger partial charge in [0.25, 0.3) is 0 Å². The van der Waals surface area contributed by atoms with Crippen molar-refractivity contribution in [2.75, 3.05) is 6.54 Å². The average Bonchev–Trinajstić information content (AvgIpc) is 2.61. The summed E-state index contributed by atoms with van der Waals surface area (Å²) in [5.74, 6) is -0.252. The molecule has 1 heterocycles. The summed E-state index contributed by atoms with van der Waals surface area (Å²) < 4.78 is 0. The molecule has 1 aliphatic carbocycles. The summed E-state index contributed by atoms with van der Waals surface area (Å²) in [6, 6.07) is -0.0472. The number of hydrogen-bond acceptors (Lipinski definition) is 2. The number of carboxylic acid groups (broad SMARTS) is 1. The monoisotopic (exact) mass is 207 g/mol. The van der Waals surface area contributed by atoms with Crippen LogP contribution in [-0.4, -0.2) is 34.6 Å². The van der Waals surface area contributed by atoms with Crippen LogP contribution in [0.3, 0.4) is 0 Å². The maximum absolute atomic E-state index is 11.2. The van der Waals surface area contributed by atoms with Crippen molar-refractivity contribution in [3.63, 3.8) is 0 Å². The molecule has 1 N–H and O–H groups in total. The number of nitrogens with zero attached hydrogens (tertiary/aromatic N) is 1. The lowest BCUT2D eigenvalue weighted by Crippen LogP contribution is -2.50. The highest BCUT2D eigenvalue weighted by atomic mass is 16.4. The van der Waals surface area contributed by atoms with Crippen LogP contribution in [0.2, 0.25) is 0 Å². The zero-order chi connectivity index (χ0) is 11.0. The Morgan fingerprint density at radius 2 is 2.33 bits per heavy atom. The molecule has 2 aliphatic rings. The van der Waals surface area contributed by atoms with Gasteiger partial charge in [-0.3, -0.25) is 9.69 Å². The van der Waals surface area contributed by atoms with Gasteiger partial charge in [0, 0.05) is 18.5 Å². The highest BCUT2D eigenvalue weighted by molar-refractivity contribution is 5.74. The van der Waals surface area contributed by atoms with Gasteiger partial charge in [-0.1, -0.05) is 23.8 Å². The number of fused-ring (bicyclic) bond motifs is 1. The van der Waals surface area contributed by atoms with E-state index in [4.69, 9.17) is 0 Å². The first-order chi connectivity index (χ1) is 7.09. The summed E-state index contributed by atoms with van der Waals surface area (Å²) in [5, 5.41) is 9.19. The lowest BCUT2D eigenvalue weighted by atomic mass is 9.89. The van der Waals surface area contributed by atoms with Crippen molar-refractivity contribution in [3.05, 3.63) is 23.8 Å². The third kappa shape index (κ3) is 1.84. The molecule has 0 saturated carbocycles. The molecule has 0 aromatic heterocycles. The number of allylic oxidation sites excluding steroid dienone is 2. The molecule has 0 bridgehead atoms. The number of carboxylic acids is 1. The first-order valence-electron chi connectivity index (χ1n) is 5.45. The van der Waals surface area contributed by atoms with Gasteiger partial charge in [0.2, 0.25) is 0 Å². The summed E-state index contributed by atoms with van der Waals surface area (Å²) >= 11 is 0. The third-order valence-electron chi connectivity index (χ3n) is 3.32. The maximum atomic E-state index is 11.2. The van der Waals surface area contributed by atoms with Crippen LogP contribution in [0.5, 0.6) is 0 Å². The van der Waals surface area contributed by atoms with Crippen molar-refractivity contribution in [2.45, 2.75) is 32.4 Å². The molecular formula is C12H17NO2. The number of piperidine rings is 1. The zero-order valence-electron chi connectivity index (χ0n) is 9.18. The molecule has 82 valence electrons. The molecule has 1 fully saturated rings. The predicted molar refractivity (Wildman–Crippen MR) is 58.6 cm³/mol. The number of aliphatic carboxylic acids is 1. The van der Waals surface area contributed by atoms with Crippen molar-refractivity contribution < 1.29 is 9.90 Å². The van der Waals surface area contributed by atoms with E-state index in [0.29, 0.717) is 18.4 Å². The van der Waals surface area contributed by atoms with Gasteiger partial charge >= 0.3 is 5.97 Å². The highest BCUT2D eigenvalue weighted by Crippen LogP contribution is 2.32. The van der Waals surface area contributed by atoms with Gasteiger partial charge in [0.15, 0.2) is 0 Å². The smallest absolute Gasteiger partial charge is 0.321 e. The molecule has 3 heteroatoms. The Bertz CT molecular complexity index is 331. The van der Waals surface area contributed by atoms with Crippen molar-refractivity contribution in [3.8, 4) is 0 Å². The summed E-state index contributed by atoms with van der Waals surface area (Å²) in [7, 11) is 0. The SMILES string of the molecule is CC(C)N1CC2C=CC=C2CC1C(=O)O. The highest BCUT2D eigenvalue weighted by Gasteiger charge is 2.36. The first-order valence-corrected chi connectivity index (χ1v) is 5.45. The van der Waals surface area contributed by atoms with E-state index in [1.807, 2.05) is 6.08 Å². The van der Waals surface area contributed by atoms with E-state index in [2.05, 4.69) is 30.9 Å². The van der Waals surface area contributed by atoms with Crippen molar-refractivity contribution in [1.29, 1.82) is 0 Å². The molecule has 0 amide bonds. The van der Waals surface area contributed by atoms with Crippen molar-refractivity contribution in [2.24, 2.45) is 5.92 Å². The second-order valence-electron chi connectivity index (χ2n) is 4.58. The number of likely N-dealkylation sites (tertiary alicyclic amines) is 1. The quantitative estimate of drug-likeness (QED) is 0.748. The molecule has 1 aliphatic heterocycles. The van der Waals surface area contributed by atoms with E-state index in [-0.39, 0.29) is 6.04 Å². The average molecular weight is 207 g/mol. The number of carbonyl (C=O) groups is 1. The standard InChI is InChI=1S/C12H17NO2/c1-8(2)13-7-10-5-3-4-9(10)6-11(13)12(14)15/h3-5,8,10-11H,6-7H2,1-2H3,(H,14,15). The van der Waals surface area contributed by atoms with Gasteiger partial charge in [-0.05, 0) is 20.3 Å². The third-order valence-corrected chi connectivity index (χ3v) is 3.32. The molecule has 3 nitrogen and oxygen atoms in total. The summed E-state index contributed by atoms with van der Waals surface area (Å²) in [5.41, 5.74) is 1.28. The Labute approximate surface area is 90.1 Å². The molecular weight excluding hydrogens is 190 g/mol. The Morgan fingerprint density at radius 1 is 1.60 bits per heavy atom. The minimum absolute atomic E-state index is 0.293. The Hall–Kier alpha value is -1.09. The Morgan fingerprint density at radius 3 is 2.93 bits per heavy atom. The minimum Gasteiger partial charge on any atom is -0.480 e. The summed E-state index contributed by atoms with van der Waals surface area (Å²) in [6.45, 7) is 4.96. The molecule has 2 rings (SSSR count). The van der Waals surface area contributed by atoms with E-state index < -0.39 is 5.97 Å². The fraction of sp³-hybridized carbons (Fsp3) is 0.583. The van der Waals surface area contributed by atoms with Crippen LogP contribution >= 0.6 is 0 Å². The van der Waals surface area contributed by atoms with Crippen LogP contribution in [0, 0.1) is 5.92 Å². The lowest BCUT2D eigenvalue weighted by molar-refractivity contribution is -0.145. The maximum Gasteiger partial charge on any atom is 0.321 e. The van der Waals surface area contributed by atoms with Gasteiger partial charge < -0.3 is 5.11 Å². The van der Waals surface area contributed by atoms with Crippen LogP contribution in [0.15, 0.2) is 23.8 Å². The van der Waals surface area contributed by atoms with E-state index in [0.717, 1.165) is 6.54 Å². The molecule has 2 unspecified atom stereocenters. The summed E-state index contributed by atoms with van der Waals surface area (Å²) in [6.07, 6.45) is 6.95. The van der Waals surface area contributed by atoms with E-state index in [1.54, 1.807) is 0 Å². The van der Waals surface area contributed by atoms with Gasteiger partial charge in [0.05, 0.1) is 0 Å². The second kappa shape index (κ2) is 3.81. The van der Waals surface area contributed by atoms with Gasteiger partial charge in [-0.2, -0.15) is 0 Å². The first kappa shape index (κ1) is 10.4. The van der Waals surface area contributed by atoms with E-state index in [1.165, 1.54) is 5.57 Å². The van der Waals surface area contributed by atoms with Crippen LogP contribution in [-0.2, 0) is 4.79 Å². The molecule has 0 radical (unpaired) electrons. The van der Waals surface area contributed by atoms with Gasteiger partial charge in [-0.25, -0.2) is 0 Å². The normalized spacial score (nSPS) is 30.5. The van der Waals surface area contributed by atoms with Crippen LogP contribution < -0.4 is 0 Å². The largest absolute Gasteiger partial charge is 0.480 e. The van der Waals surface area contributed by atoms with Crippen molar-refractivity contribution in [1.82, 2.24) is 4.90 Å². The molecule has 0 aromatic carbocycles. The van der Waals surface area contributed by atoms with Crippen LogP contribution in [0.4, 0.5) is 0 Å². The predicted octanol–water partition coefficient (Wildman–Crippen LogP) is 1.67. The zero-order valence-corrected chi connectivity index (χ0v) is 9.18. The topological polar surface area (TPSA) is 40.5 Å². The molecule has 15 heavy (non-hydrogen) atoms. The Balaban J connectivity index is 2.19. The minimum atomic E-state index is -0.699. The number of rotatable bonds is 2. The Kier molecular flexibility index (Phi) is 2.65. The van der Waals surface area contributed by atoms with E-state index in [9.17, 15) is 9.90 Å². The van der Waals surface area contributed by atoms with Gasteiger partial charge in [0.1, 0.15) is 6.04 Å². The molecule has 1 saturated heterocycles. The molecule has 0 aromatic rings. The van der Waals surface area contributed by atoms with Crippen LogP contribution in [0.25, 0.3) is 0 Å². The number of hydrogen-bond donors (Lipinski definition) is 1. The lowest BCUT2D eigenvalue weighted by Gasteiger charge is -2.39. The fourth-order valence-electron chi connectivity index (χ4n) is 2.45. The van der Waals surface area contributed by atoms with E-state index >= 15 is 0 Å². The van der Waals surface area contributed by atoms with Gasteiger partial charge in [-0.15, -0.1) is 0 Å². The summed E-state index contributed by atoms with van der Waals surface area (Å²) in [4.78, 5) is 13.3.